The molecule has 3 nitrogen and oxygen atoms in total. The summed E-state index contributed by atoms with van der Waals surface area (Å²) in [6.45, 7) is 15.5. The van der Waals surface area contributed by atoms with Crippen LogP contribution in [-0.4, -0.2) is 19.7 Å². The van der Waals surface area contributed by atoms with Gasteiger partial charge in [0.1, 0.15) is 12.4 Å². The molecule has 3 aromatic rings. The first-order valence-corrected chi connectivity index (χ1v) is 14.2. The maximum atomic E-state index is 5.98. The van der Waals surface area contributed by atoms with Crippen LogP contribution in [0.15, 0.2) is 54.6 Å². The molecule has 0 aromatic heterocycles. The Bertz CT molecular complexity index is 1150. The Balaban J connectivity index is 2.06. The molecule has 0 saturated heterocycles. The van der Waals surface area contributed by atoms with Crippen molar-refractivity contribution in [3.8, 4) is 28.0 Å². The van der Waals surface area contributed by atoms with Gasteiger partial charge in [0, 0.05) is 6.54 Å². The number of nitrogens with two attached hydrogens (primary N) is 2. The van der Waals surface area contributed by atoms with Gasteiger partial charge in [0.2, 0.25) is 0 Å². The standard InChI is InChI=1S/C34H48N2O/c1-23(2)18-29-20-26(8-7-15-35)9-12-31(29)28-10-13-32(33(22-28)25(5)6)27-11-14-34(37-17-16-36)30(21-27)19-24(3)4/h9-14,20-25H,7-8,15-19,35-36H2,1-6H3. The summed E-state index contributed by atoms with van der Waals surface area (Å²) in [5, 5.41) is 0. The summed E-state index contributed by atoms with van der Waals surface area (Å²) in [5.74, 6) is 2.52. The lowest BCUT2D eigenvalue weighted by Gasteiger charge is -2.20. The number of ether oxygens (including phenoxy) is 1. The molecule has 0 unspecified atom stereocenters. The van der Waals surface area contributed by atoms with E-state index < -0.39 is 0 Å². The Morgan fingerprint density at radius 3 is 1.97 bits per heavy atom. The van der Waals surface area contributed by atoms with E-state index in [0.29, 0.717) is 30.9 Å². The van der Waals surface area contributed by atoms with Gasteiger partial charge in [-0.3, -0.25) is 0 Å². The van der Waals surface area contributed by atoms with E-state index in [1.807, 2.05) is 0 Å². The van der Waals surface area contributed by atoms with Crippen LogP contribution in [0.25, 0.3) is 22.3 Å². The molecule has 0 radical (unpaired) electrons. The van der Waals surface area contributed by atoms with E-state index in [9.17, 15) is 0 Å². The van der Waals surface area contributed by atoms with Crippen LogP contribution >= 0.6 is 0 Å². The molecule has 37 heavy (non-hydrogen) atoms. The molecule has 0 bridgehead atoms. The summed E-state index contributed by atoms with van der Waals surface area (Å²) in [7, 11) is 0. The number of benzene rings is 3. The van der Waals surface area contributed by atoms with Gasteiger partial charge in [-0.15, -0.1) is 0 Å². The van der Waals surface area contributed by atoms with Crippen LogP contribution in [0.5, 0.6) is 5.75 Å². The van der Waals surface area contributed by atoms with Gasteiger partial charge >= 0.3 is 0 Å². The SMILES string of the molecule is CC(C)Cc1cc(-c2ccc(-c3ccc(CCCN)cc3CC(C)C)cc2C(C)C)ccc1OCCN. The monoisotopic (exact) mass is 500 g/mol. The largest absolute Gasteiger partial charge is 0.492 e. The summed E-state index contributed by atoms with van der Waals surface area (Å²) >= 11 is 0. The van der Waals surface area contributed by atoms with E-state index in [1.54, 1.807) is 0 Å². The molecule has 3 rings (SSSR count). The molecule has 0 atom stereocenters. The lowest BCUT2D eigenvalue weighted by atomic mass is 9.86. The third kappa shape index (κ3) is 7.93. The number of rotatable bonds is 13. The van der Waals surface area contributed by atoms with Gasteiger partial charge < -0.3 is 16.2 Å². The zero-order valence-electron chi connectivity index (χ0n) is 23.9. The van der Waals surface area contributed by atoms with Crippen molar-refractivity contribution in [2.24, 2.45) is 23.3 Å². The fourth-order valence-electron chi connectivity index (χ4n) is 5.13. The first-order chi connectivity index (χ1) is 17.7. The quantitative estimate of drug-likeness (QED) is 0.252. The highest BCUT2D eigenvalue weighted by molar-refractivity contribution is 5.76. The molecule has 0 fully saturated rings. The first kappa shape index (κ1) is 28.9. The number of hydrogen-bond donors (Lipinski definition) is 2. The van der Waals surface area contributed by atoms with Gasteiger partial charge in [0.15, 0.2) is 0 Å². The van der Waals surface area contributed by atoms with Crippen molar-refractivity contribution in [2.75, 3.05) is 19.7 Å². The number of hydrogen-bond acceptors (Lipinski definition) is 3. The highest BCUT2D eigenvalue weighted by Gasteiger charge is 2.16. The highest BCUT2D eigenvalue weighted by Crippen LogP contribution is 2.37. The third-order valence-corrected chi connectivity index (χ3v) is 6.83. The van der Waals surface area contributed by atoms with Crippen molar-refractivity contribution in [1.82, 2.24) is 0 Å². The molecular formula is C34H48N2O. The Labute approximate surface area is 225 Å². The van der Waals surface area contributed by atoms with E-state index in [1.165, 1.54) is 44.5 Å². The topological polar surface area (TPSA) is 61.3 Å². The molecule has 0 saturated carbocycles. The number of aryl methyl sites for hydroxylation is 1. The smallest absolute Gasteiger partial charge is 0.122 e. The minimum Gasteiger partial charge on any atom is -0.492 e. The molecule has 3 heteroatoms. The van der Waals surface area contributed by atoms with E-state index in [4.69, 9.17) is 16.2 Å². The molecule has 0 aliphatic heterocycles. The van der Waals surface area contributed by atoms with E-state index in [2.05, 4.69) is 96.1 Å². The zero-order chi connectivity index (χ0) is 26.9. The average Bonchev–Trinajstić information content (AvgIpc) is 2.85. The van der Waals surface area contributed by atoms with Crippen molar-refractivity contribution in [3.63, 3.8) is 0 Å². The van der Waals surface area contributed by atoms with Gasteiger partial charge in [-0.2, -0.15) is 0 Å². The van der Waals surface area contributed by atoms with E-state index in [0.717, 1.165) is 38.0 Å². The van der Waals surface area contributed by atoms with Crippen molar-refractivity contribution in [3.05, 3.63) is 76.9 Å². The normalized spacial score (nSPS) is 11.6. The second kappa shape index (κ2) is 13.8. The molecule has 0 aliphatic carbocycles. The van der Waals surface area contributed by atoms with Gasteiger partial charge in [0.25, 0.3) is 0 Å². The lowest BCUT2D eigenvalue weighted by molar-refractivity contribution is 0.323. The maximum Gasteiger partial charge on any atom is 0.122 e. The average molecular weight is 501 g/mol. The Kier molecular flexibility index (Phi) is 10.8. The lowest BCUT2D eigenvalue weighted by Crippen LogP contribution is -2.12. The summed E-state index contributed by atoms with van der Waals surface area (Å²) in [4.78, 5) is 0. The van der Waals surface area contributed by atoms with E-state index in [-0.39, 0.29) is 0 Å². The van der Waals surface area contributed by atoms with Gasteiger partial charge in [0.05, 0.1) is 0 Å². The molecule has 3 aromatic carbocycles. The van der Waals surface area contributed by atoms with Crippen LogP contribution in [0.3, 0.4) is 0 Å². The zero-order valence-corrected chi connectivity index (χ0v) is 23.9. The minimum absolute atomic E-state index is 0.411. The predicted octanol–water partition coefficient (Wildman–Crippen LogP) is 7.77. The van der Waals surface area contributed by atoms with Crippen molar-refractivity contribution in [2.45, 2.75) is 73.1 Å². The Morgan fingerprint density at radius 1 is 0.676 bits per heavy atom. The second-order valence-electron chi connectivity index (χ2n) is 11.5. The van der Waals surface area contributed by atoms with Crippen molar-refractivity contribution in [1.29, 1.82) is 0 Å². The van der Waals surface area contributed by atoms with Crippen LogP contribution in [0.1, 0.15) is 76.1 Å². The molecule has 0 aliphatic rings. The molecule has 0 heterocycles. The second-order valence-corrected chi connectivity index (χ2v) is 11.5. The minimum atomic E-state index is 0.411. The summed E-state index contributed by atoms with van der Waals surface area (Å²) in [6.07, 6.45) is 4.13. The van der Waals surface area contributed by atoms with Crippen LogP contribution in [-0.2, 0) is 19.3 Å². The van der Waals surface area contributed by atoms with E-state index >= 15 is 0 Å². The summed E-state index contributed by atoms with van der Waals surface area (Å²) in [6, 6.07) is 20.7. The third-order valence-electron chi connectivity index (χ3n) is 6.83. The predicted molar refractivity (Wildman–Crippen MR) is 160 cm³/mol. The van der Waals surface area contributed by atoms with Crippen LogP contribution in [0.4, 0.5) is 0 Å². The summed E-state index contributed by atoms with van der Waals surface area (Å²) < 4.78 is 5.98. The molecule has 4 N–H and O–H groups in total. The summed E-state index contributed by atoms with van der Waals surface area (Å²) in [5.41, 5.74) is 22.2. The first-order valence-electron chi connectivity index (χ1n) is 14.2. The van der Waals surface area contributed by atoms with Crippen molar-refractivity contribution < 1.29 is 4.74 Å². The molecule has 0 spiro atoms. The van der Waals surface area contributed by atoms with Crippen LogP contribution < -0.4 is 16.2 Å². The van der Waals surface area contributed by atoms with Gasteiger partial charge in [-0.25, -0.2) is 0 Å². The molecule has 200 valence electrons. The fraction of sp³-hybridized carbons (Fsp3) is 0.471. The van der Waals surface area contributed by atoms with Crippen LogP contribution in [0, 0.1) is 11.8 Å². The molecular weight excluding hydrogens is 452 g/mol. The van der Waals surface area contributed by atoms with Gasteiger partial charge in [-0.1, -0.05) is 84.0 Å². The maximum absolute atomic E-state index is 5.98. The van der Waals surface area contributed by atoms with Crippen molar-refractivity contribution >= 4 is 0 Å². The fourth-order valence-corrected chi connectivity index (χ4v) is 5.13. The van der Waals surface area contributed by atoms with Gasteiger partial charge in [-0.05, 0) is 107 Å². The van der Waals surface area contributed by atoms with Crippen LogP contribution in [0.2, 0.25) is 0 Å². The Hall–Kier alpha value is -2.62. The Morgan fingerprint density at radius 2 is 1.32 bits per heavy atom. The highest BCUT2D eigenvalue weighted by atomic mass is 16.5. The molecule has 0 amide bonds.